The Hall–Kier alpha value is -3.99. The Morgan fingerprint density at radius 3 is 2.47 bits per heavy atom. The van der Waals surface area contributed by atoms with Crippen LogP contribution in [0.1, 0.15) is 63.5 Å². The molecule has 0 radical (unpaired) electrons. The van der Waals surface area contributed by atoms with Crippen LogP contribution in [0.5, 0.6) is 5.75 Å². The Bertz CT molecular complexity index is 1410. The topological polar surface area (TPSA) is 105 Å². The van der Waals surface area contributed by atoms with Crippen molar-refractivity contribution in [1.82, 2.24) is 9.88 Å². The zero-order chi connectivity index (χ0) is 26.2. The number of nitrogens with zero attached hydrogens (tertiary/aromatic N) is 2. The van der Waals surface area contributed by atoms with Crippen molar-refractivity contribution < 1.29 is 19.1 Å². The average molecular weight is 513 g/mol. The summed E-state index contributed by atoms with van der Waals surface area (Å²) in [6, 6.07) is 16.2. The number of aromatic nitrogens is 1. The van der Waals surface area contributed by atoms with Gasteiger partial charge in [0.15, 0.2) is 6.61 Å². The van der Waals surface area contributed by atoms with Crippen LogP contribution in [-0.4, -0.2) is 35.3 Å². The minimum Gasteiger partial charge on any atom is -0.484 e. The van der Waals surface area contributed by atoms with Crippen LogP contribution in [0.25, 0.3) is 22.2 Å². The Labute approximate surface area is 221 Å². The van der Waals surface area contributed by atoms with E-state index in [1.54, 1.807) is 0 Å². The van der Waals surface area contributed by atoms with Gasteiger partial charge in [-0.3, -0.25) is 10.1 Å². The number of fused-ring (bicyclic) bond motifs is 1. The summed E-state index contributed by atoms with van der Waals surface area (Å²) in [5.41, 5.74) is 3.96. The Morgan fingerprint density at radius 1 is 1.08 bits per heavy atom. The molecule has 0 aliphatic heterocycles. The lowest BCUT2D eigenvalue weighted by atomic mass is 9.92. The van der Waals surface area contributed by atoms with Crippen LogP contribution in [0.15, 0.2) is 42.5 Å². The molecule has 3 aliphatic carbocycles. The fraction of sp³-hybridized carbons (Fsp3) is 0.433. The van der Waals surface area contributed by atoms with Gasteiger partial charge in [0.1, 0.15) is 17.9 Å². The third-order valence-electron chi connectivity index (χ3n) is 7.82. The summed E-state index contributed by atoms with van der Waals surface area (Å²) in [5, 5.41) is 16.8. The standard InChI is InChI=1S/C30H32N4O4/c1-18(19-5-6-19)38-30(36)33-22-9-7-20(8-10-22)29-26(16-31)25-14-13-24(37-17-28(35)32-21-11-12-21)15-27(25)34(29)23-3-2-4-23/h7-10,13-15,18-19,21,23H,2-6,11-12,17H2,1H3,(H,32,35)(H,33,36). The Kier molecular flexibility index (Phi) is 6.44. The first-order chi connectivity index (χ1) is 18.5. The van der Waals surface area contributed by atoms with Gasteiger partial charge < -0.3 is 19.4 Å². The third kappa shape index (κ3) is 5.06. The summed E-state index contributed by atoms with van der Waals surface area (Å²) in [6.45, 7) is 1.91. The second-order valence-electron chi connectivity index (χ2n) is 10.7. The van der Waals surface area contributed by atoms with Crippen LogP contribution in [-0.2, 0) is 9.53 Å². The van der Waals surface area contributed by atoms with Gasteiger partial charge >= 0.3 is 6.09 Å². The minimum absolute atomic E-state index is 0.0273. The molecule has 3 saturated carbocycles. The number of carbonyl (C=O) groups is 2. The Balaban J connectivity index is 1.27. The van der Waals surface area contributed by atoms with Crippen LogP contribution in [0.2, 0.25) is 0 Å². The van der Waals surface area contributed by atoms with E-state index in [0.29, 0.717) is 35.0 Å². The molecular weight excluding hydrogens is 480 g/mol. The van der Waals surface area contributed by atoms with E-state index in [4.69, 9.17) is 9.47 Å². The van der Waals surface area contributed by atoms with E-state index in [9.17, 15) is 14.9 Å². The SMILES string of the molecule is CC(OC(=O)Nc1ccc(-c2c(C#N)c3ccc(OCC(=O)NC4CC4)cc3n2C2CCC2)cc1)C1CC1. The van der Waals surface area contributed by atoms with Crippen molar-refractivity contribution in [1.29, 1.82) is 5.26 Å². The zero-order valence-electron chi connectivity index (χ0n) is 21.5. The molecule has 196 valence electrons. The van der Waals surface area contributed by atoms with E-state index in [-0.39, 0.29) is 18.6 Å². The van der Waals surface area contributed by atoms with Gasteiger partial charge in [0.2, 0.25) is 0 Å². The van der Waals surface area contributed by atoms with Crippen molar-refractivity contribution in [3.63, 3.8) is 0 Å². The molecular formula is C30H32N4O4. The summed E-state index contributed by atoms with van der Waals surface area (Å²) in [7, 11) is 0. The molecule has 0 spiro atoms. The van der Waals surface area contributed by atoms with E-state index in [1.165, 1.54) is 0 Å². The molecule has 1 heterocycles. The Morgan fingerprint density at radius 2 is 1.84 bits per heavy atom. The quantitative estimate of drug-likeness (QED) is 0.371. The maximum absolute atomic E-state index is 12.3. The van der Waals surface area contributed by atoms with Crippen molar-refractivity contribution in [3.05, 3.63) is 48.0 Å². The molecule has 3 aliphatic rings. The van der Waals surface area contributed by atoms with E-state index >= 15 is 0 Å². The number of amides is 2. The molecule has 8 nitrogen and oxygen atoms in total. The van der Waals surface area contributed by atoms with Crippen LogP contribution in [0.3, 0.4) is 0 Å². The molecule has 1 aromatic heterocycles. The van der Waals surface area contributed by atoms with E-state index in [2.05, 4.69) is 21.3 Å². The molecule has 0 bridgehead atoms. The van der Waals surface area contributed by atoms with E-state index in [0.717, 1.165) is 67.1 Å². The summed E-state index contributed by atoms with van der Waals surface area (Å²) >= 11 is 0. The number of benzene rings is 2. The molecule has 6 rings (SSSR count). The van der Waals surface area contributed by atoms with Crippen molar-refractivity contribution in [2.45, 2.75) is 70.1 Å². The van der Waals surface area contributed by atoms with E-state index in [1.807, 2.05) is 49.4 Å². The molecule has 1 atom stereocenters. The molecule has 8 heteroatoms. The average Bonchev–Trinajstić information content (AvgIpc) is 3.80. The summed E-state index contributed by atoms with van der Waals surface area (Å²) in [5.74, 6) is 0.975. The molecule has 2 amide bonds. The molecule has 2 aromatic carbocycles. The van der Waals surface area contributed by atoms with Gasteiger partial charge in [-0.15, -0.1) is 0 Å². The number of hydrogen-bond donors (Lipinski definition) is 2. The first-order valence-corrected chi connectivity index (χ1v) is 13.6. The fourth-order valence-electron chi connectivity index (χ4n) is 5.14. The van der Waals surface area contributed by atoms with Crippen molar-refractivity contribution >= 4 is 28.6 Å². The predicted molar refractivity (Wildman–Crippen MR) is 144 cm³/mol. The predicted octanol–water partition coefficient (Wildman–Crippen LogP) is 5.91. The lowest BCUT2D eigenvalue weighted by Crippen LogP contribution is -2.30. The van der Waals surface area contributed by atoms with Crippen LogP contribution in [0.4, 0.5) is 10.5 Å². The maximum atomic E-state index is 12.3. The maximum Gasteiger partial charge on any atom is 0.411 e. The summed E-state index contributed by atoms with van der Waals surface area (Å²) in [6.07, 6.45) is 7.01. The number of nitrogens with one attached hydrogen (secondary N) is 2. The largest absolute Gasteiger partial charge is 0.484 e. The van der Waals surface area contributed by atoms with Crippen molar-refractivity contribution in [3.8, 4) is 23.1 Å². The fourth-order valence-corrected chi connectivity index (χ4v) is 5.14. The highest BCUT2D eigenvalue weighted by molar-refractivity contribution is 5.96. The molecule has 2 N–H and O–H groups in total. The normalized spacial score (nSPS) is 17.8. The summed E-state index contributed by atoms with van der Waals surface area (Å²) < 4.78 is 13.5. The van der Waals surface area contributed by atoms with E-state index < -0.39 is 6.09 Å². The van der Waals surface area contributed by atoms with Crippen molar-refractivity contribution in [2.75, 3.05) is 11.9 Å². The zero-order valence-corrected chi connectivity index (χ0v) is 21.5. The van der Waals surface area contributed by atoms with Gasteiger partial charge in [0.05, 0.1) is 16.8 Å². The van der Waals surface area contributed by atoms with Gasteiger partial charge in [-0.2, -0.15) is 5.26 Å². The molecule has 3 aromatic rings. The number of rotatable bonds is 9. The van der Waals surface area contributed by atoms with Gasteiger partial charge in [0, 0.05) is 29.2 Å². The lowest BCUT2D eigenvalue weighted by Gasteiger charge is -2.30. The number of hydrogen-bond acceptors (Lipinski definition) is 5. The highest BCUT2D eigenvalue weighted by Crippen LogP contribution is 2.43. The first kappa shape index (κ1) is 24.4. The van der Waals surface area contributed by atoms with Crippen LogP contribution < -0.4 is 15.4 Å². The molecule has 1 unspecified atom stereocenters. The monoisotopic (exact) mass is 512 g/mol. The second kappa shape index (κ2) is 10.1. The summed E-state index contributed by atoms with van der Waals surface area (Å²) in [4.78, 5) is 24.4. The molecule has 3 fully saturated rings. The number of ether oxygens (including phenoxy) is 2. The van der Waals surface area contributed by atoms with Crippen molar-refractivity contribution in [2.24, 2.45) is 5.92 Å². The molecule has 0 saturated heterocycles. The highest BCUT2D eigenvalue weighted by Gasteiger charge is 2.31. The third-order valence-corrected chi connectivity index (χ3v) is 7.82. The number of nitriles is 1. The first-order valence-electron chi connectivity index (χ1n) is 13.6. The number of carbonyl (C=O) groups excluding carboxylic acids is 2. The minimum atomic E-state index is -0.447. The lowest BCUT2D eigenvalue weighted by molar-refractivity contribution is -0.123. The van der Waals surface area contributed by atoms with Gasteiger partial charge in [-0.05, 0) is 87.6 Å². The van der Waals surface area contributed by atoms with Gasteiger partial charge in [0.25, 0.3) is 5.91 Å². The number of anilines is 1. The van der Waals surface area contributed by atoms with Gasteiger partial charge in [-0.25, -0.2) is 4.79 Å². The van der Waals surface area contributed by atoms with Crippen LogP contribution >= 0.6 is 0 Å². The smallest absolute Gasteiger partial charge is 0.411 e. The van der Waals surface area contributed by atoms with Crippen LogP contribution in [0, 0.1) is 17.2 Å². The second-order valence-corrected chi connectivity index (χ2v) is 10.7. The van der Waals surface area contributed by atoms with Gasteiger partial charge in [-0.1, -0.05) is 12.1 Å². The molecule has 38 heavy (non-hydrogen) atoms. The highest BCUT2D eigenvalue weighted by atomic mass is 16.6.